The van der Waals surface area contributed by atoms with Crippen LogP contribution in [0.5, 0.6) is 0 Å². The molecule has 3 rings (SSSR count). The highest BCUT2D eigenvalue weighted by Gasteiger charge is 2.23. The molecule has 1 aliphatic heterocycles. The standard InChI is InChI=1S/C15H19N3O/c1-2-17-9-5-7-13(17)11-18-15(19)14-8-4-3-6-12(14)10-16-18/h3-4,6,8,10,13H,2,5,7,9,11H2,1H3/t13-/m1/s1. The van der Waals surface area contributed by atoms with Gasteiger partial charge in [-0.2, -0.15) is 5.10 Å². The van der Waals surface area contributed by atoms with Crippen molar-refractivity contribution in [1.82, 2.24) is 14.7 Å². The highest BCUT2D eigenvalue weighted by molar-refractivity contribution is 5.80. The van der Waals surface area contributed by atoms with Crippen LogP contribution in [0.4, 0.5) is 0 Å². The van der Waals surface area contributed by atoms with Gasteiger partial charge in [0.05, 0.1) is 18.1 Å². The summed E-state index contributed by atoms with van der Waals surface area (Å²) in [6.07, 6.45) is 4.18. The third-order valence-corrected chi connectivity index (χ3v) is 4.05. The first-order chi connectivity index (χ1) is 9.29. The number of likely N-dealkylation sites (N-methyl/N-ethyl adjacent to an activating group) is 1. The molecule has 1 atom stereocenters. The molecular formula is C15H19N3O. The van der Waals surface area contributed by atoms with Crippen LogP contribution in [-0.4, -0.2) is 33.8 Å². The smallest absolute Gasteiger partial charge is 0.274 e. The minimum absolute atomic E-state index is 0.0288. The Morgan fingerprint density at radius 1 is 1.37 bits per heavy atom. The van der Waals surface area contributed by atoms with E-state index in [4.69, 9.17) is 0 Å². The molecule has 0 amide bonds. The quantitative estimate of drug-likeness (QED) is 0.842. The molecule has 0 saturated carbocycles. The van der Waals surface area contributed by atoms with Crippen molar-refractivity contribution in [3.8, 4) is 0 Å². The van der Waals surface area contributed by atoms with Crippen LogP contribution in [-0.2, 0) is 6.54 Å². The van der Waals surface area contributed by atoms with Gasteiger partial charge in [-0.25, -0.2) is 4.68 Å². The zero-order valence-corrected chi connectivity index (χ0v) is 11.2. The van der Waals surface area contributed by atoms with E-state index < -0.39 is 0 Å². The molecule has 0 N–H and O–H groups in total. The summed E-state index contributed by atoms with van der Waals surface area (Å²) in [6, 6.07) is 8.10. The largest absolute Gasteiger partial charge is 0.299 e. The average Bonchev–Trinajstić information content (AvgIpc) is 2.89. The molecule has 1 aromatic carbocycles. The third kappa shape index (κ3) is 2.28. The Hall–Kier alpha value is -1.68. The summed E-state index contributed by atoms with van der Waals surface area (Å²) in [5, 5.41) is 6.00. The molecule has 0 spiro atoms. The fourth-order valence-corrected chi connectivity index (χ4v) is 2.98. The van der Waals surface area contributed by atoms with Gasteiger partial charge >= 0.3 is 0 Å². The Morgan fingerprint density at radius 3 is 3.05 bits per heavy atom. The van der Waals surface area contributed by atoms with E-state index in [2.05, 4.69) is 16.9 Å². The van der Waals surface area contributed by atoms with Crippen molar-refractivity contribution in [1.29, 1.82) is 0 Å². The van der Waals surface area contributed by atoms with Crippen LogP contribution in [0.25, 0.3) is 10.8 Å². The maximum absolute atomic E-state index is 12.4. The van der Waals surface area contributed by atoms with E-state index in [1.807, 2.05) is 24.3 Å². The number of hydrogen-bond donors (Lipinski definition) is 0. The molecule has 1 aliphatic rings. The van der Waals surface area contributed by atoms with Crippen LogP contribution in [0.15, 0.2) is 35.3 Å². The van der Waals surface area contributed by atoms with Gasteiger partial charge in [0.15, 0.2) is 0 Å². The van der Waals surface area contributed by atoms with Gasteiger partial charge in [0.1, 0.15) is 0 Å². The van der Waals surface area contributed by atoms with Crippen LogP contribution in [0.3, 0.4) is 0 Å². The summed E-state index contributed by atoms with van der Waals surface area (Å²) in [4.78, 5) is 14.8. The second kappa shape index (κ2) is 5.13. The second-order valence-corrected chi connectivity index (χ2v) is 5.14. The van der Waals surface area contributed by atoms with Crippen molar-refractivity contribution >= 4 is 10.8 Å². The lowest BCUT2D eigenvalue weighted by atomic mass is 10.2. The topological polar surface area (TPSA) is 38.1 Å². The summed E-state index contributed by atoms with van der Waals surface area (Å²) in [5.41, 5.74) is 0.0288. The molecule has 0 aliphatic carbocycles. The van der Waals surface area contributed by atoms with Crippen molar-refractivity contribution in [2.45, 2.75) is 32.4 Å². The molecule has 100 valence electrons. The van der Waals surface area contributed by atoms with Gasteiger partial charge in [-0.05, 0) is 32.0 Å². The summed E-state index contributed by atoms with van der Waals surface area (Å²) >= 11 is 0. The van der Waals surface area contributed by atoms with Gasteiger partial charge in [0.2, 0.25) is 0 Å². The molecule has 4 nitrogen and oxygen atoms in total. The maximum atomic E-state index is 12.4. The second-order valence-electron chi connectivity index (χ2n) is 5.14. The van der Waals surface area contributed by atoms with E-state index in [1.165, 1.54) is 6.42 Å². The van der Waals surface area contributed by atoms with Crippen LogP contribution < -0.4 is 5.56 Å². The van der Waals surface area contributed by atoms with Crippen LogP contribution in [0.2, 0.25) is 0 Å². The van der Waals surface area contributed by atoms with Gasteiger partial charge < -0.3 is 0 Å². The third-order valence-electron chi connectivity index (χ3n) is 4.05. The van der Waals surface area contributed by atoms with Crippen molar-refractivity contribution in [3.63, 3.8) is 0 Å². The summed E-state index contributed by atoms with van der Waals surface area (Å²) in [7, 11) is 0. The Morgan fingerprint density at radius 2 is 2.21 bits per heavy atom. The molecule has 0 bridgehead atoms. The molecule has 4 heteroatoms. The molecule has 2 heterocycles. The van der Waals surface area contributed by atoms with Gasteiger partial charge in [-0.3, -0.25) is 9.69 Å². The Bertz CT molecular complexity index is 635. The fourth-order valence-electron chi connectivity index (χ4n) is 2.98. The van der Waals surface area contributed by atoms with Crippen LogP contribution >= 0.6 is 0 Å². The number of rotatable bonds is 3. The Balaban J connectivity index is 1.93. The first-order valence-corrected chi connectivity index (χ1v) is 6.98. The molecule has 1 fully saturated rings. The van der Waals surface area contributed by atoms with E-state index in [1.54, 1.807) is 10.9 Å². The molecule has 1 saturated heterocycles. The van der Waals surface area contributed by atoms with Crippen LogP contribution in [0, 0.1) is 0 Å². The monoisotopic (exact) mass is 257 g/mol. The lowest BCUT2D eigenvalue weighted by Gasteiger charge is -2.22. The maximum Gasteiger partial charge on any atom is 0.274 e. The number of hydrogen-bond acceptors (Lipinski definition) is 3. The zero-order chi connectivity index (χ0) is 13.2. The average molecular weight is 257 g/mol. The molecular weight excluding hydrogens is 238 g/mol. The molecule has 0 radical (unpaired) electrons. The highest BCUT2D eigenvalue weighted by Crippen LogP contribution is 2.17. The van der Waals surface area contributed by atoms with E-state index in [0.29, 0.717) is 12.6 Å². The number of benzene rings is 1. The van der Waals surface area contributed by atoms with Gasteiger partial charge in [0.25, 0.3) is 5.56 Å². The van der Waals surface area contributed by atoms with Crippen molar-refractivity contribution in [3.05, 3.63) is 40.8 Å². The lowest BCUT2D eigenvalue weighted by Crippen LogP contribution is -2.36. The first kappa shape index (κ1) is 12.4. The van der Waals surface area contributed by atoms with E-state index in [9.17, 15) is 4.79 Å². The minimum atomic E-state index is 0.0288. The number of nitrogens with zero attached hydrogens (tertiary/aromatic N) is 3. The first-order valence-electron chi connectivity index (χ1n) is 6.98. The minimum Gasteiger partial charge on any atom is -0.299 e. The zero-order valence-electron chi connectivity index (χ0n) is 11.2. The molecule has 2 aromatic rings. The summed E-state index contributed by atoms with van der Waals surface area (Å²) in [6.45, 7) is 5.07. The van der Waals surface area contributed by atoms with E-state index in [-0.39, 0.29) is 5.56 Å². The summed E-state index contributed by atoms with van der Waals surface area (Å²) in [5.74, 6) is 0. The predicted octanol–water partition coefficient (Wildman–Crippen LogP) is 1.88. The van der Waals surface area contributed by atoms with Crippen molar-refractivity contribution in [2.24, 2.45) is 0 Å². The number of aromatic nitrogens is 2. The van der Waals surface area contributed by atoms with Gasteiger partial charge in [-0.15, -0.1) is 0 Å². The molecule has 19 heavy (non-hydrogen) atoms. The van der Waals surface area contributed by atoms with Crippen molar-refractivity contribution in [2.75, 3.05) is 13.1 Å². The normalized spacial score (nSPS) is 20.2. The predicted molar refractivity (Wildman–Crippen MR) is 76.3 cm³/mol. The van der Waals surface area contributed by atoms with Crippen molar-refractivity contribution < 1.29 is 0 Å². The van der Waals surface area contributed by atoms with Gasteiger partial charge in [-0.1, -0.05) is 25.1 Å². The van der Waals surface area contributed by atoms with Crippen LogP contribution in [0.1, 0.15) is 19.8 Å². The lowest BCUT2D eigenvalue weighted by molar-refractivity contribution is 0.236. The SMILES string of the molecule is CCN1CCC[C@@H]1Cn1ncc2ccccc2c1=O. The Labute approximate surface area is 112 Å². The summed E-state index contributed by atoms with van der Waals surface area (Å²) < 4.78 is 1.63. The highest BCUT2D eigenvalue weighted by atomic mass is 16.1. The Kier molecular flexibility index (Phi) is 3.34. The van der Waals surface area contributed by atoms with E-state index in [0.717, 1.165) is 30.3 Å². The molecule has 0 unspecified atom stereocenters. The number of likely N-dealkylation sites (tertiary alicyclic amines) is 1. The van der Waals surface area contributed by atoms with Gasteiger partial charge in [0, 0.05) is 11.4 Å². The van der Waals surface area contributed by atoms with E-state index >= 15 is 0 Å². The fraction of sp³-hybridized carbons (Fsp3) is 0.467. The molecule has 1 aromatic heterocycles. The number of fused-ring (bicyclic) bond motifs is 1.